The highest BCUT2D eigenvalue weighted by Crippen LogP contribution is 2.01. The smallest absolute Gasteiger partial charge is 0.242 e. The van der Waals surface area contributed by atoms with Gasteiger partial charge in [-0.25, -0.2) is 4.98 Å². The summed E-state index contributed by atoms with van der Waals surface area (Å²) in [5, 5.41) is 11.0. The van der Waals surface area contributed by atoms with Crippen LogP contribution in [0, 0.1) is 13.8 Å². The Balaban J connectivity index is 2.53. The Kier molecular flexibility index (Phi) is 3.95. The third-order valence-corrected chi connectivity index (χ3v) is 2.29. The Morgan fingerprint density at radius 2 is 2.00 bits per heavy atom. The molecule has 4 nitrogen and oxygen atoms in total. The molecule has 0 unspecified atom stereocenters. The molecule has 0 aliphatic carbocycles. The van der Waals surface area contributed by atoms with E-state index in [1.165, 1.54) is 0 Å². The van der Waals surface area contributed by atoms with Gasteiger partial charge in [-0.15, -0.1) is 5.10 Å². The quantitative estimate of drug-likeness (QED) is 0.738. The Labute approximate surface area is 82.6 Å². The highest BCUT2D eigenvalue weighted by Gasteiger charge is 1.99. The summed E-state index contributed by atoms with van der Waals surface area (Å²) in [4.78, 5) is 4.25. The van der Waals surface area contributed by atoms with E-state index < -0.39 is 0 Å². The molecular weight excluding hydrogens is 184 g/mol. The fourth-order valence-electron chi connectivity index (χ4n) is 0.797. The van der Waals surface area contributed by atoms with Crippen LogP contribution in [0.2, 0.25) is 0 Å². The number of rotatable bonds is 4. The maximum Gasteiger partial charge on any atom is 0.242 e. The second-order valence-corrected chi connectivity index (χ2v) is 3.71. The average molecular weight is 198 g/mol. The van der Waals surface area contributed by atoms with Crippen molar-refractivity contribution in [2.75, 3.05) is 23.9 Å². The molecule has 0 fully saturated rings. The van der Waals surface area contributed by atoms with Crippen LogP contribution in [0.1, 0.15) is 11.4 Å². The van der Waals surface area contributed by atoms with Crippen LogP contribution in [-0.4, -0.2) is 33.7 Å². The van der Waals surface area contributed by atoms with Crippen LogP contribution in [0.15, 0.2) is 0 Å². The van der Waals surface area contributed by atoms with Crippen molar-refractivity contribution in [2.45, 2.75) is 13.8 Å². The summed E-state index contributed by atoms with van der Waals surface area (Å²) in [7, 11) is 0. The molecular formula is C8H14N4S. The lowest BCUT2D eigenvalue weighted by atomic mass is 10.4. The van der Waals surface area contributed by atoms with Gasteiger partial charge in [0.25, 0.3) is 0 Å². The molecule has 1 rings (SSSR count). The van der Waals surface area contributed by atoms with Crippen LogP contribution in [-0.2, 0) is 0 Å². The van der Waals surface area contributed by atoms with E-state index >= 15 is 0 Å². The van der Waals surface area contributed by atoms with E-state index in [2.05, 4.69) is 26.8 Å². The second-order valence-electron chi connectivity index (χ2n) is 2.73. The van der Waals surface area contributed by atoms with Gasteiger partial charge < -0.3 is 5.32 Å². The van der Waals surface area contributed by atoms with E-state index in [-0.39, 0.29) is 0 Å². The molecule has 1 heterocycles. The average Bonchev–Trinajstić information content (AvgIpc) is 2.12. The number of anilines is 1. The van der Waals surface area contributed by atoms with Gasteiger partial charge in [-0.3, -0.25) is 0 Å². The first-order valence-electron chi connectivity index (χ1n) is 4.14. The van der Waals surface area contributed by atoms with Crippen LogP contribution >= 0.6 is 11.8 Å². The number of hydrogen-bond donors (Lipinski definition) is 1. The molecule has 0 aliphatic rings. The highest BCUT2D eigenvalue weighted by atomic mass is 32.2. The summed E-state index contributed by atoms with van der Waals surface area (Å²) in [5.74, 6) is 1.67. The largest absolute Gasteiger partial charge is 0.352 e. The van der Waals surface area contributed by atoms with Gasteiger partial charge in [0.2, 0.25) is 5.95 Å². The molecule has 1 N–H and O–H groups in total. The fourth-order valence-corrected chi connectivity index (χ4v) is 1.10. The van der Waals surface area contributed by atoms with Crippen molar-refractivity contribution < 1.29 is 0 Å². The van der Waals surface area contributed by atoms with Gasteiger partial charge in [-0.05, 0) is 20.1 Å². The van der Waals surface area contributed by atoms with E-state index in [0.717, 1.165) is 23.7 Å². The Hall–Kier alpha value is -0.840. The summed E-state index contributed by atoms with van der Waals surface area (Å²) in [6.45, 7) is 4.72. The summed E-state index contributed by atoms with van der Waals surface area (Å²) < 4.78 is 0. The molecule has 13 heavy (non-hydrogen) atoms. The highest BCUT2D eigenvalue weighted by molar-refractivity contribution is 7.98. The number of nitrogens with one attached hydrogen (secondary N) is 1. The molecule has 0 saturated carbocycles. The molecule has 0 bridgehead atoms. The van der Waals surface area contributed by atoms with Crippen LogP contribution in [0.25, 0.3) is 0 Å². The number of aromatic nitrogens is 3. The zero-order valence-electron chi connectivity index (χ0n) is 8.16. The maximum absolute atomic E-state index is 4.25. The minimum Gasteiger partial charge on any atom is -0.352 e. The normalized spacial score (nSPS) is 10.1. The molecule has 0 aliphatic heterocycles. The minimum atomic E-state index is 0.622. The van der Waals surface area contributed by atoms with Crippen molar-refractivity contribution in [3.05, 3.63) is 11.4 Å². The lowest BCUT2D eigenvalue weighted by Crippen LogP contribution is -2.09. The third kappa shape index (κ3) is 3.18. The SMILES string of the molecule is CSCCNc1nnc(C)c(C)n1. The van der Waals surface area contributed by atoms with Gasteiger partial charge in [0.05, 0.1) is 11.4 Å². The van der Waals surface area contributed by atoms with Crippen LogP contribution in [0.5, 0.6) is 0 Å². The van der Waals surface area contributed by atoms with Crippen molar-refractivity contribution in [3.8, 4) is 0 Å². The topological polar surface area (TPSA) is 50.7 Å². The van der Waals surface area contributed by atoms with Crippen molar-refractivity contribution >= 4 is 17.7 Å². The molecule has 0 saturated heterocycles. The first-order valence-corrected chi connectivity index (χ1v) is 5.54. The minimum absolute atomic E-state index is 0.622. The van der Waals surface area contributed by atoms with Crippen molar-refractivity contribution in [3.63, 3.8) is 0 Å². The van der Waals surface area contributed by atoms with E-state index in [9.17, 15) is 0 Å². The molecule has 0 atom stereocenters. The van der Waals surface area contributed by atoms with Gasteiger partial charge in [0, 0.05) is 12.3 Å². The van der Waals surface area contributed by atoms with Gasteiger partial charge in [-0.1, -0.05) is 0 Å². The fraction of sp³-hybridized carbons (Fsp3) is 0.625. The first-order chi connectivity index (χ1) is 6.24. The number of hydrogen-bond acceptors (Lipinski definition) is 5. The van der Waals surface area contributed by atoms with E-state index in [4.69, 9.17) is 0 Å². The number of nitrogens with zero attached hydrogens (tertiary/aromatic N) is 3. The molecule has 0 radical (unpaired) electrons. The summed E-state index contributed by atoms with van der Waals surface area (Å²) in [6, 6.07) is 0. The zero-order chi connectivity index (χ0) is 9.68. The van der Waals surface area contributed by atoms with Crippen molar-refractivity contribution in [2.24, 2.45) is 0 Å². The summed E-state index contributed by atoms with van der Waals surface area (Å²) in [6.07, 6.45) is 2.07. The zero-order valence-corrected chi connectivity index (χ0v) is 8.98. The van der Waals surface area contributed by atoms with E-state index in [0.29, 0.717) is 5.95 Å². The standard InChI is InChI=1S/C8H14N4S/c1-6-7(2)11-12-8(10-6)9-4-5-13-3/h4-5H2,1-3H3,(H,9,10,12). The van der Waals surface area contributed by atoms with Crippen LogP contribution < -0.4 is 5.32 Å². The van der Waals surface area contributed by atoms with Crippen LogP contribution in [0.4, 0.5) is 5.95 Å². The predicted molar refractivity (Wildman–Crippen MR) is 56.2 cm³/mol. The summed E-state index contributed by atoms with van der Waals surface area (Å²) >= 11 is 1.79. The lowest BCUT2D eigenvalue weighted by Gasteiger charge is -2.03. The first kappa shape index (κ1) is 10.2. The van der Waals surface area contributed by atoms with Gasteiger partial charge in [0.1, 0.15) is 0 Å². The molecule has 1 aromatic heterocycles. The molecule has 0 spiro atoms. The Morgan fingerprint density at radius 1 is 1.23 bits per heavy atom. The van der Waals surface area contributed by atoms with Crippen LogP contribution in [0.3, 0.4) is 0 Å². The molecule has 72 valence electrons. The van der Waals surface area contributed by atoms with Crippen molar-refractivity contribution in [1.29, 1.82) is 0 Å². The second kappa shape index (κ2) is 5.01. The third-order valence-electron chi connectivity index (χ3n) is 1.68. The number of aryl methyl sites for hydroxylation is 2. The van der Waals surface area contributed by atoms with E-state index in [1.807, 2.05) is 13.8 Å². The molecule has 1 aromatic rings. The van der Waals surface area contributed by atoms with Crippen molar-refractivity contribution in [1.82, 2.24) is 15.2 Å². The number of thioether (sulfide) groups is 1. The summed E-state index contributed by atoms with van der Waals surface area (Å²) in [5.41, 5.74) is 1.82. The van der Waals surface area contributed by atoms with Gasteiger partial charge in [0.15, 0.2) is 0 Å². The lowest BCUT2D eigenvalue weighted by molar-refractivity contribution is 0.892. The maximum atomic E-state index is 4.25. The van der Waals surface area contributed by atoms with Gasteiger partial charge in [-0.2, -0.15) is 16.9 Å². The molecule has 0 amide bonds. The molecule has 0 aromatic carbocycles. The Bertz CT molecular complexity index is 277. The monoisotopic (exact) mass is 198 g/mol. The Morgan fingerprint density at radius 3 is 2.62 bits per heavy atom. The molecule has 5 heteroatoms. The van der Waals surface area contributed by atoms with E-state index in [1.54, 1.807) is 11.8 Å². The van der Waals surface area contributed by atoms with Gasteiger partial charge >= 0.3 is 0 Å². The predicted octanol–water partition coefficient (Wildman–Crippen LogP) is 1.26.